The number of nitrogens with one attached hydrogen (secondary N) is 1. The van der Waals surface area contributed by atoms with E-state index in [-0.39, 0.29) is 30.5 Å². The van der Waals surface area contributed by atoms with Crippen LogP contribution in [0.5, 0.6) is 5.75 Å². The topological polar surface area (TPSA) is 44.7 Å². The number of rotatable bonds is 6. The first kappa shape index (κ1) is 19.2. The van der Waals surface area contributed by atoms with Gasteiger partial charge in [-0.05, 0) is 24.6 Å². The molecule has 0 aliphatic carbocycles. The maximum absolute atomic E-state index is 9.86. The number of halogens is 1. The maximum Gasteiger partial charge on any atom is 0.119 e. The highest BCUT2D eigenvalue weighted by Crippen LogP contribution is 2.39. The second kappa shape index (κ2) is 8.73. The van der Waals surface area contributed by atoms with Crippen LogP contribution in [0.15, 0.2) is 24.3 Å². The molecule has 0 amide bonds. The van der Waals surface area contributed by atoms with E-state index >= 15 is 0 Å². The molecule has 22 heavy (non-hydrogen) atoms. The zero-order valence-electron chi connectivity index (χ0n) is 13.8. The van der Waals surface area contributed by atoms with Gasteiger partial charge >= 0.3 is 0 Å². The third-order valence-corrected chi connectivity index (χ3v) is 4.15. The van der Waals surface area contributed by atoms with Crippen molar-refractivity contribution in [1.29, 1.82) is 0 Å². The summed E-state index contributed by atoms with van der Waals surface area (Å²) in [6.45, 7) is 11.1. The predicted octanol–water partition coefficient (Wildman–Crippen LogP) is 2.47. The first-order valence-electron chi connectivity index (χ1n) is 7.87. The summed E-state index contributed by atoms with van der Waals surface area (Å²) in [4.78, 5) is 2.47. The highest BCUT2D eigenvalue weighted by Gasteiger charge is 2.35. The van der Waals surface area contributed by atoms with Gasteiger partial charge in [-0.3, -0.25) is 4.90 Å². The van der Waals surface area contributed by atoms with E-state index in [9.17, 15) is 5.11 Å². The van der Waals surface area contributed by atoms with Gasteiger partial charge in [0.05, 0.1) is 6.61 Å². The SMILES string of the molecule is CCOc1cccc([C@H](N2CCNCC2)C(C)(C)CO)c1.Cl. The van der Waals surface area contributed by atoms with Crippen molar-refractivity contribution in [2.45, 2.75) is 26.8 Å². The quantitative estimate of drug-likeness (QED) is 0.842. The van der Waals surface area contributed by atoms with Crippen LogP contribution in [0.2, 0.25) is 0 Å². The fraction of sp³-hybridized carbons (Fsp3) is 0.647. The Labute approximate surface area is 140 Å². The Hall–Kier alpha value is -0.810. The Morgan fingerprint density at radius 3 is 2.59 bits per heavy atom. The third kappa shape index (κ3) is 4.59. The molecule has 2 N–H and O–H groups in total. The summed E-state index contributed by atoms with van der Waals surface area (Å²) >= 11 is 0. The van der Waals surface area contributed by atoms with Gasteiger partial charge in [0.1, 0.15) is 5.75 Å². The highest BCUT2D eigenvalue weighted by molar-refractivity contribution is 5.85. The van der Waals surface area contributed by atoms with Crippen LogP contribution in [0.1, 0.15) is 32.4 Å². The van der Waals surface area contributed by atoms with Crippen molar-refractivity contribution in [3.05, 3.63) is 29.8 Å². The maximum atomic E-state index is 9.86. The van der Waals surface area contributed by atoms with Gasteiger partial charge in [0.2, 0.25) is 0 Å². The second-order valence-electron chi connectivity index (χ2n) is 6.34. The van der Waals surface area contributed by atoms with Gasteiger partial charge in [0, 0.05) is 44.2 Å². The molecule has 4 nitrogen and oxygen atoms in total. The number of ether oxygens (including phenoxy) is 1. The van der Waals surface area contributed by atoms with E-state index in [0.717, 1.165) is 31.9 Å². The fourth-order valence-corrected chi connectivity index (χ4v) is 3.12. The molecule has 1 aromatic rings. The zero-order valence-corrected chi connectivity index (χ0v) is 14.7. The molecule has 2 rings (SSSR count). The van der Waals surface area contributed by atoms with Crippen molar-refractivity contribution in [1.82, 2.24) is 10.2 Å². The van der Waals surface area contributed by atoms with Crippen molar-refractivity contribution in [3.63, 3.8) is 0 Å². The zero-order chi connectivity index (χ0) is 15.3. The molecular weight excluding hydrogens is 300 g/mol. The first-order chi connectivity index (χ1) is 10.1. The lowest BCUT2D eigenvalue weighted by atomic mass is 9.79. The van der Waals surface area contributed by atoms with Crippen LogP contribution in [-0.2, 0) is 0 Å². The number of piperazine rings is 1. The lowest BCUT2D eigenvalue weighted by molar-refractivity contribution is 0.0304. The molecule has 1 aliphatic rings. The Balaban J connectivity index is 0.00000242. The summed E-state index contributed by atoms with van der Waals surface area (Å²) < 4.78 is 5.64. The van der Waals surface area contributed by atoms with Crippen LogP contribution in [-0.4, -0.2) is 49.4 Å². The highest BCUT2D eigenvalue weighted by atomic mass is 35.5. The van der Waals surface area contributed by atoms with Gasteiger partial charge in [-0.25, -0.2) is 0 Å². The Morgan fingerprint density at radius 1 is 1.32 bits per heavy atom. The summed E-state index contributed by atoms with van der Waals surface area (Å²) in [6, 6.07) is 8.50. The molecule has 0 bridgehead atoms. The molecule has 0 unspecified atom stereocenters. The molecule has 1 fully saturated rings. The van der Waals surface area contributed by atoms with Crippen LogP contribution in [0.25, 0.3) is 0 Å². The largest absolute Gasteiger partial charge is 0.494 e. The van der Waals surface area contributed by atoms with E-state index in [4.69, 9.17) is 4.74 Å². The minimum absolute atomic E-state index is 0. The molecule has 1 heterocycles. The standard InChI is InChI=1S/C17H28N2O2.ClH/c1-4-21-15-7-5-6-14(12-15)16(17(2,3)13-20)19-10-8-18-9-11-19;/h5-7,12,16,18,20H,4,8-11,13H2,1-3H3;1H/t16-;/m0./s1. The summed E-state index contributed by atoms with van der Waals surface area (Å²) in [6.07, 6.45) is 0. The van der Waals surface area contributed by atoms with Gasteiger partial charge in [0.25, 0.3) is 0 Å². The predicted molar refractivity (Wildman–Crippen MR) is 92.9 cm³/mol. The Kier molecular flexibility index (Phi) is 7.63. The lowest BCUT2D eigenvalue weighted by Gasteiger charge is -2.43. The summed E-state index contributed by atoms with van der Waals surface area (Å²) in [5.41, 5.74) is 1.03. The molecule has 0 spiro atoms. The molecule has 126 valence electrons. The van der Waals surface area contributed by atoms with Crippen LogP contribution in [0.3, 0.4) is 0 Å². The van der Waals surface area contributed by atoms with E-state index < -0.39 is 0 Å². The molecule has 0 aromatic heterocycles. The molecule has 5 heteroatoms. The number of nitrogens with zero attached hydrogens (tertiary/aromatic N) is 1. The van der Waals surface area contributed by atoms with Crippen molar-refractivity contribution < 1.29 is 9.84 Å². The van der Waals surface area contributed by atoms with Crippen LogP contribution < -0.4 is 10.1 Å². The van der Waals surface area contributed by atoms with Gasteiger partial charge in [-0.1, -0.05) is 26.0 Å². The number of hydrogen-bond donors (Lipinski definition) is 2. The summed E-state index contributed by atoms with van der Waals surface area (Å²) in [7, 11) is 0. The van der Waals surface area contributed by atoms with Crippen LogP contribution in [0, 0.1) is 5.41 Å². The molecule has 1 aromatic carbocycles. The van der Waals surface area contributed by atoms with Gasteiger partial charge in [-0.15, -0.1) is 12.4 Å². The summed E-state index contributed by atoms with van der Waals surface area (Å²) in [5.74, 6) is 0.906. The molecule has 0 saturated carbocycles. The van der Waals surface area contributed by atoms with Crippen molar-refractivity contribution in [3.8, 4) is 5.75 Å². The number of aliphatic hydroxyl groups is 1. The number of benzene rings is 1. The fourth-order valence-electron chi connectivity index (χ4n) is 3.12. The molecule has 1 saturated heterocycles. The Morgan fingerprint density at radius 2 is 2.00 bits per heavy atom. The normalized spacial score (nSPS) is 17.6. The second-order valence-corrected chi connectivity index (χ2v) is 6.34. The third-order valence-electron chi connectivity index (χ3n) is 4.15. The van der Waals surface area contributed by atoms with Crippen LogP contribution >= 0.6 is 12.4 Å². The summed E-state index contributed by atoms with van der Waals surface area (Å²) in [5, 5.41) is 13.2. The van der Waals surface area contributed by atoms with Gasteiger partial charge in [-0.2, -0.15) is 0 Å². The minimum atomic E-state index is -0.192. The van der Waals surface area contributed by atoms with Crippen molar-refractivity contribution in [2.24, 2.45) is 5.41 Å². The van der Waals surface area contributed by atoms with Crippen molar-refractivity contribution >= 4 is 12.4 Å². The number of hydrogen-bond acceptors (Lipinski definition) is 4. The lowest BCUT2D eigenvalue weighted by Crippen LogP contribution is -2.49. The van der Waals surface area contributed by atoms with E-state index in [2.05, 4.69) is 36.2 Å². The molecule has 1 atom stereocenters. The Bertz CT molecular complexity index is 448. The first-order valence-corrected chi connectivity index (χ1v) is 7.87. The van der Waals surface area contributed by atoms with Gasteiger partial charge in [0.15, 0.2) is 0 Å². The van der Waals surface area contributed by atoms with Crippen LogP contribution in [0.4, 0.5) is 0 Å². The molecule has 0 radical (unpaired) electrons. The van der Waals surface area contributed by atoms with E-state index in [1.54, 1.807) is 0 Å². The molecule has 1 aliphatic heterocycles. The van der Waals surface area contributed by atoms with E-state index in [1.807, 2.05) is 19.1 Å². The average molecular weight is 329 g/mol. The van der Waals surface area contributed by atoms with Crippen molar-refractivity contribution in [2.75, 3.05) is 39.4 Å². The van der Waals surface area contributed by atoms with E-state index in [1.165, 1.54) is 5.56 Å². The van der Waals surface area contributed by atoms with E-state index in [0.29, 0.717) is 6.61 Å². The van der Waals surface area contributed by atoms with Gasteiger partial charge < -0.3 is 15.2 Å². The monoisotopic (exact) mass is 328 g/mol. The number of aliphatic hydroxyl groups excluding tert-OH is 1. The average Bonchev–Trinajstić information content (AvgIpc) is 2.49. The minimum Gasteiger partial charge on any atom is -0.494 e. The molecular formula is C17H29ClN2O2. The smallest absolute Gasteiger partial charge is 0.119 e.